The van der Waals surface area contributed by atoms with Gasteiger partial charge in [-0.2, -0.15) is 0 Å². The van der Waals surface area contributed by atoms with Crippen molar-refractivity contribution in [1.82, 2.24) is 5.32 Å². The van der Waals surface area contributed by atoms with Gasteiger partial charge in [0.05, 0.1) is 0 Å². The highest BCUT2D eigenvalue weighted by molar-refractivity contribution is 5.77. The highest BCUT2D eigenvalue weighted by Gasteiger charge is 2.24. The van der Waals surface area contributed by atoms with Gasteiger partial charge in [-0.05, 0) is 38.0 Å². The summed E-state index contributed by atoms with van der Waals surface area (Å²) in [6.45, 7) is 7.23. The van der Waals surface area contributed by atoms with Crippen LogP contribution in [-0.4, -0.2) is 25.2 Å². The van der Waals surface area contributed by atoms with Crippen molar-refractivity contribution in [1.29, 1.82) is 0 Å². The summed E-state index contributed by atoms with van der Waals surface area (Å²) in [6.07, 6.45) is 3.52. The lowest BCUT2D eigenvalue weighted by atomic mass is 9.80. The van der Waals surface area contributed by atoms with Gasteiger partial charge in [0.2, 0.25) is 5.91 Å². The molecule has 2 atom stereocenters. The summed E-state index contributed by atoms with van der Waals surface area (Å²) in [5.74, 6) is 1.49. The van der Waals surface area contributed by atoms with E-state index in [1.165, 1.54) is 6.42 Å². The van der Waals surface area contributed by atoms with Crippen LogP contribution in [-0.2, 0) is 9.53 Å². The molecular weight excluding hydrogens is 190 g/mol. The van der Waals surface area contributed by atoms with Crippen LogP contribution in [0.3, 0.4) is 0 Å². The van der Waals surface area contributed by atoms with Crippen molar-refractivity contribution in [3.05, 3.63) is 0 Å². The standard InChI is InChI=1S/C12H23NO2/c1-4-15-8-12(14)13-11-6-9(2)5-10(3)7-11/h9-11H,4-8H2,1-3H3,(H,13,14). The summed E-state index contributed by atoms with van der Waals surface area (Å²) in [6, 6.07) is 0.358. The second-order valence-electron chi connectivity index (χ2n) is 4.82. The number of carbonyl (C=O) groups is 1. The number of hydrogen-bond donors (Lipinski definition) is 1. The van der Waals surface area contributed by atoms with Gasteiger partial charge < -0.3 is 10.1 Å². The number of hydrogen-bond acceptors (Lipinski definition) is 2. The Morgan fingerprint density at radius 3 is 2.40 bits per heavy atom. The SMILES string of the molecule is CCOCC(=O)NC1CC(C)CC(C)C1. The second kappa shape index (κ2) is 6.11. The molecule has 0 aromatic heterocycles. The Morgan fingerprint density at radius 1 is 1.27 bits per heavy atom. The lowest BCUT2D eigenvalue weighted by Gasteiger charge is -2.31. The minimum atomic E-state index is 0.0307. The molecule has 0 aromatic carbocycles. The lowest BCUT2D eigenvalue weighted by molar-refractivity contribution is -0.126. The summed E-state index contributed by atoms with van der Waals surface area (Å²) in [4.78, 5) is 11.4. The molecule has 0 spiro atoms. The molecule has 0 heterocycles. The van der Waals surface area contributed by atoms with E-state index in [0.29, 0.717) is 12.6 Å². The molecule has 3 heteroatoms. The van der Waals surface area contributed by atoms with Crippen LogP contribution in [0, 0.1) is 11.8 Å². The predicted molar refractivity (Wildman–Crippen MR) is 60.6 cm³/mol. The highest BCUT2D eigenvalue weighted by atomic mass is 16.5. The van der Waals surface area contributed by atoms with E-state index in [2.05, 4.69) is 19.2 Å². The Hall–Kier alpha value is -0.570. The van der Waals surface area contributed by atoms with Gasteiger partial charge in [-0.3, -0.25) is 4.79 Å². The Morgan fingerprint density at radius 2 is 1.87 bits per heavy atom. The third-order valence-corrected chi connectivity index (χ3v) is 2.98. The first-order valence-electron chi connectivity index (χ1n) is 5.99. The molecular formula is C12H23NO2. The predicted octanol–water partition coefficient (Wildman–Crippen LogP) is 1.96. The fourth-order valence-corrected chi connectivity index (χ4v) is 2.53. The van der Waals surface area contributed by atoms with Crippen LogP contribution in [0.2, 0.25) is 0 Å². The highest BCUT2D eigenvalue weighted by Crippen LogP contribution is 2.28. The zero-order valence-electron chi connectivity index (χ0n) is 10.1. The van der Waals surface area contributed by atoms with Crippen molar-refractivity contribution in [2.24, 2.45) is 11.8 Å². The maximum Gasteiger partial charge on any atom is 0.246 e. The molecule has 15 heavy (non-hydrogen) atoms. The summed E-state index contributed by atoms with van der Waals surface area (Å²) in [5.41, 5.74) is 0. The van der Waals surface area contributed by atoms with E-state index in [1.54, 1.807) is 0 Å². The summed E-state index contributed by atoms with van der Waals surface area (Å²) < 4.78 is 5.08. The van der Waals surface area contributed by atoms with Gasteiger partial charge in [-0.15, -0.1) is 0 Å². The van der Waals surface area contributed by atoms with E-state index < -0.39 is 0 Å². The topological polar surface area (TPSA) is 38.3 Å². The summed E-state index contributed by atoms with van der Waals surface area (Å²) in [7, 11) is 0. The van der Waals surface area contributed by atoms with E-state index in [-0.39, 0.29) is 12.5 Å². The van der Waals surface area contributed by atoms with Gasteiger partial charge >= 0.3 is 0 Å². The van der Waals surface area contributed by atoms with Gasteiger partial charge in [0, 0.05) is 12.6 Å². The number of nitrogens with one attached hydrogen (secondary N) is 1. The van der Waals surface area contributed by atoms with Crippen molar-refractivity contribution < 1.29 is 9.53 Å². The first-order valence-corrected chi connectivity index (χ1v) is 5.99. The van der Waals surface area contributed by atoms with Gasteiger partial charge in [-0.1, -0.05) is 13.8 Å². The van der Waals surface area contributed by atoms with E-state index in [9.17, 15) is 4.79 Å². The van der Waals surface area contributed by atoms with Crippen molar-refractivity contribution in [2.45, 2.75) is 46.1 Å². The molecule has 3 nitrogen and oxygen atoms in total. The Labute approximate surface area is 92.6 Å². The maximum absolute atomic E-state index is 11.4. The second-order valence-corrected chi connectivity index (χ2v) is 4.82. The number of carbonyl (C=O) groups excluding carboxylic acids is 1. The van der Waals surface area contributed by atoms with Gasteiger partial charge in [0.15, 0.2) is 0 Å². The largest absolute Gasteiger partial charge is 0.372 e. The van der Waals surface area contributed by atoms with E-state index in [0.717, 1.165) is 24.7 Å². The Kier molecular flexibility index (Phi) is 5.09. The molecule has 1 aliphatic carbocycles. The van der Waals surface area contributed by atoms with Crippen LogP contribution in [0.25, 0.3) is 0 Å². The zero-order valence-corrected chi connectivity index (χ0v) is 10.1. The Balaban J connectivity index is 2.27. The molecule has 88 valence electrons. The average molecular weight is 213 g/mol. The van der Waals surface area contributed by atoms with Crippen molar-refractivity contribution in [3.63, 3.8) is 0 Å². The number of rotatable bonds is 4. The monoisotopic (exact) mass is 213 g/mol. The lowest BCUT2D eigenvalue weighted by Crippen LogP contribution is -2.41. The molecule has 1 saturated carbocycles. The van der Waals surface area contributed by atoms with Crippen LogP contribution >= 0.6 is 0 Å². The Bertz CT molecular complexity index is 196. The molecule has 1 fully saturated rings. The fourth-order valence-electron chi connectivity index (χ4n) is 2.53. The zero-order chi connectivity index (χ0) is 11.3. The first kappa shape index (κ1) is 12.5. The number of ether oxygens (including phenoxy) is 1. The third-order valence-electron chi connectivity index (χ3n) is 2.98. The van der Waals surface area contributed by atoms with E-state index in [4.69, 9.17) is 4.74 Å². The van der Waals surface area contributed by atoms with E-state index >= 15 is 0 Å². The third kappa shape index (κ3) is 4.65. The van der Waals surface area contributed by atoms with Crippen LogP contribution in [0.15, 0.2) is 0 Å². The number of amides is 1. The molecule has 2 unspecified atom stereocenters. The summed E-state index contributed by atoms with van der Waals surface area (Å²) >= 11 is 0. The molecule has 0 aliphatic heterocycles. The molecule has 1 aliphatic rings. The molecule has 0 saturated heterocycles. The van der Waals surface area contributed by atoms with Crippen molar-refractivity contribution in [2.75, 3.05) is 13.2 Å². The minimum absolute atomic E-state index is 0.0307. The van der Waals surface area contributed by atoms with Crippen LogP contribution < -0.4 is 5.32 Å². The smallest absolute Gasteiger partial charge is 0.246 e. The van der Waals surface area contributed by atoms with Gasteiger partial charge in [-0.25, -0.2) is 0 Å². The van der Waals surface area contributed by atoms with Crippen LogP contribution in [0.5, 0.6) is 0 Å². The normalized spacial score (nSPS) is 31.3. The quantitative estimate of drug-likeness (QED) is 0.775. The first-order chi connectivity index (χ1) is 7.11. The minimum Gasteiger partial charge on any atom is -0.372 e. The molecule has 0 aromatic rings. The molecule has 1 rings (SSSR count). The van der Waals surface area contributed by atoms with E-state index in [1.807, 2.05) is 6.92 Å². The fraction of sp³-hybridized carbons (Fsp3) is 0.917. The molecule has 0 radical (unpaired) electrons. The van der Waals surface area contributed by atoms with Gasteiger partial charge in [0.25, 0.3) is 0 Å². The molecule has 1 N–H and O–H groups in total. The maximum atomic E-state index is 11.4. The van der Waals surface area contributed by atoms with Crippen LogP contribution in [0.1, 0.15) is 40.0 Å². The van der Waals surface area contributed by atoms with Crippen LogP contribution in [0.4, 0.5) is 0 Å². The summed E-state index contributed by atoms with van der Waals surface area (Å²) in [5, 5.41) is 3.05. The van der Waals surface area contributed by atoms with Gasteiger partial charge in [0.1, 0.15) is 6.61 Å². The molecule has 0 bridgehead atoms. The average Bonchev–Trinajstić information content (AvgIpc) is 2.13. The van der Waals surface area contributed by atoms with Crippen molar-refractivity contribution >= 4 is 5.91 Å². The molecule has 1 amide bonds. The van der Waals surface area contributed by atoms with Crippen molar-refractivity contribution in [3.8, 4) is 0 Å².